The van der Waals surface area contributed by atoms with Crippen molar-refractivity contribution in [3.8, 4) is 0 Å². The van der Waals surface area contributed by atoms with Crippen LogP contribution in [0.4, 0.5) is 8.78 Å². The van der Waals surface area contributed by atoms with Gasteiger partial charge >= 0.3 is 5.97 Å². The minimum Gasteiger partial charge on any atom is -0.481 e. The standard InChI is InChI=1S/C8H6ClF2NO2/c9-4-1-2-12-5(3-6(13)14)7(4)8(10)11/h1-2,8H,3H2,(H,13,14). The predicted molar refractivity (Wildman–Crippen MR) is 45.5 cm³/mol. The summed E-state index contributed by atoms with van der Waals surface area (Å²) in [7, 11) is 0. The molecular weight excluding hydrogens is 216 g/mol. The number of aromatic nitrogens is 1. The number of carboxylic acids is 1. The van der Waals surface area contributed by atoms with Crippen molar-refractivity contribution in [2.24, 2.45) is 0 Å². The predicted octanol–water partition coefficient (Wildman–Crippen LogP) is 2.30. The molecule has 0 aliphatic carbocycles. The van der Waals surface area contributed by atoms with E-state index in [9.17, 15) is 13.6 Å². The zero-order valence-electron chi connectivity index (χ0n) is 6.88. The average molecular weight is 222 g/mol. The molecule has 0 saturated heterocycles. The topological polar surface area (TPSA) is 50.2 Å². The third-order valence-electron chi connectivity index (χ3n) is 1.56. The van der Waals surface area contributed by atoms with Crippen molar-refractivity contribution in [2.45, 2.75) is 12.8 Å². The monoisotopic (exact) mass is 221 g/mol. The molecule has 0 bridgehead atoms. The number of rotatable bonds is 3. The van der Waals surface area contributed by atoms with Gasteiger partial charge < -0.3 is 5.11 Å². The number of hydrogen-bond acceptors (Lipinski definition) is 2. The normalized spacial score (nSPS) is 10.6. The second-order valence-electron chi connectivity index (χ2n) is 2.52. The van der Waals surface area contributed by atoms with Gasteiger partial charge in [-0.15, -0.1) is 0 Å². The summed E-state index contributed by atoms with van der Waals surface area (Å²) in [4.78, 5) is 13.9. The van der Waals surface area contributed by atoms with Gasteiger partial charge in [0.1, 0.15) is 0 Å². The van der Waals surface area contributed by atoms with Crippen molar-refractivity contribution in [1.82, 2.24) is 4.98 Å². The zero-order valence-corrected chi connectivity index (χ0v) is 7.63. The number of aliphatic carboxylic acids is 1. The fourth-order valence-electron chi connectivity index (χ4n) is 1.00. The molecule has 0 atom stereocenters. The molecular formula is C8H6ClF2NO2. The van der Waals surface area contributed by atoms with Crippen molar-refractivity contribution in [3.05, 3.63) is 28.5 Å². The maximum absolute atomic E-state index is 12.4. The first-order valence-corrected chi connectivity index (χ1v) is 4.03. The van der Waals surface area contributed by atoms with Crippen LogP contribution in [0.2, 0.25) is 5.02 Å². The lowest BCUT2D eigenvalue weighted by Gasteiger charge is -2.07. The summed E-state index contributed by atoms with van der Waals surface area (Å²) in [5.41, 5.74) is -0.698. The SMILES string of the molecule is O=C(O)Cc1nccc(Cl)c1C(F)F. The first-order chi connectivity index (χ1) is 6.52. The van der Waals surface area contributed by atoms with Gasteiger partial charge in [0.2, 0.25) is 0 Å². The Labute approximate surface area is 83.3 Å². The number of halogens is 3. The van der Waals surface area contributed by atoms with Gasteiger partial charge in [-0.2, -0.15) is 0 Å². The summed E-state index contributed by atoms with van der Waals surface area (Å²) in [6.07, 6.45) is -2.17. The van der Waals surface area contributed by atoms with E-state index in [4.69, 9.17) is 16.7 Å². The van der Waals surface area contributed by atoms with Crippen molar-refractivity contribution in [2.75, 3.05) is 0 Å². The Morgan fingerprint density at radius 1 is 1.64 bits per heavy atom. The van der Waals surface area contributed by atoms with Gasteiger partial charge in [-0.1, -0.05) is 11.6 Å². The maximum Gasteiger partial charge on any atom is 0.309 e. The average Bonchev–Trinajstić information content (AvgIpc) is 2.01. The van der Waals surface area contributed by atoms with Crippen LogP contribution in [0.15, 0.2) is 12.3 Å². The molecule has 0 aliphatic rings. The van der Waals surface area contributed by atoms with Crippen molar-refractivity contribution >= 4 is 17.6 Å². The van der Waals surface area contributed by atoms with Gasteiger partial charge in [-0.05, 0) is 6.07 Å². The Balaban J connectivity index is 3.14. The van der Waals surface area contributed by atoms with Crippen LogP contribution in [0.1, 0.15) is 17.7 Å². The van der Waals surface area contributed by atoms with E-state index in [0.29, 0.717) is 0 Å². The third kappa shape index (κ3) is 2.38. The molecule has 1 rings (SSSR count). The highest BCUT2D eigenvalue weighted by molar-refractivity contribution is 6.31. The van der Waals surface area contributed by atoms with Crippen LogP contribution in [0.25, 0.3) is 0 Å². The van der Waals surface area contributed by atoms with E-state index in [2.05, 4.69) is 4.98 Å². The van der Waals surface area contributed by atoms with Crippen LogP contribution in [0, 0.1) is 0 Å². The number of alkyl halides is 2. The first-order valence-electron chi connectivity index (χ1n) is 3.65. The van der Waals surface area contributed by atoms with Crippen molar-refractivity contribution < 1.29 is 18.7 Å². The van der Waals surface area contributed by atoms with Gasteiger partial charge in [0.15, 0.2) is 0 Å². The zero-order chi connectivity index (χ0) is 10.7. The molecule has 0 aliphatic heterocycles. The number of hydrogen-bond donors (Lipinski definition) is 1. The van der Waals surface area contributed by atoms with E-state index in [0.717, 1.165) is 0 Å². The highest BCUT2D eigenvalue weighted by Crippen LogP contribution is 2.29. The lowest BCUT2D eigenvalue weighted by Crippen LogP contribution is -2.06. The van der Waals surface area contributed by atoms with Crippen molar-refractivity contribution in [3.63, 3.8) is 0 Å². The van der Waals surface area contributed by atoms with Crippen LogP contribution in [0.5, 0.6) is 0 Å². The van der Waals surface area contributed by atoms with E-state index in [1.807, 2.05) is 0 Å². The van der Waals surface area contributed by atoms with E-state index in [-0.39, 0.29) is 10.7 Å². The highest BCUT2D eigenvalue weighted by Gasteiger charge is 2.19. The molecule has 0 aromatic carbocycles. The molecule has 1 aromatic heterocycles. The molecule has 0 unspecified atom stereocenters. The lowest BCUT2D eigenvalue weighted by molar-refractivity contribution is -0.136. The van der Waals surface area contributed by atoms with Gasteiger partial charge in [0.25, 0.3) is 6.43 Å². The molecule has 0 spiro atoms. The van der Waals surface area contributed by atoms with Crippen molar-refractivity contribution in [1.29, 1.82) is 0 Å². The van der Waals surface area contributed by atoms with Crippen LogP contribution in [0.3, 0.4) is 0 Å². The summed E-state index contributed by atoms with van der Waals surface area (Å²) in [5, 5.41) is 8.28. The van der Waals surface area contributed by atoms with E-state index in [1.165, 1.54) is 12.3 Å². The summed E-state index contributed by atoms with van der Waals surface area (Å²) in [6.45, 7) is 0. The summed E-state index contributed by atoms with van der Waals surface area (Å²) < 4.78 is 24.8. The number of carbonyl (C=O) groups is 1. The Morgan fingerprint density at radius 2 is 2.29 bits per heavy atom. The van der Waals surface area contributed by atoms with E-state index in [1.54, 1.807) is 0 Å². The number of carboxylic acid groups (broad SMARTS) is 1. The van der Waals surface area contributed by atoms with E-state index >= 15 is 0 Å². The van der Waals surface area contributed by atoms with Gasteiger partial charge in [-0.3, -0.25) is 9.78 Å². The smallest absolute Gasteiger partial charge is 0.309 e. The lowest BCUT2D eigenvalue weighted by atomic mass is 10.1. The summed E-state index contributed by atoms with van der Waals surface area (Å²) >= 11 is 5.49. The molecule has 3 nitrogen and oxygen atoms in total. The molecule has 0 radical (unpaired) electrons. The Morgan fingerprint density at radius 3 is 2.79 bits per heavy atom. The summed E-state index contributed by atoms with van der Waals surface area (Å²) in [6, 6.07) is 1.20. The van der Waals surface area contributed by atoms with Gasteiger partial charge in [-0.25, -0.2) is 8.78 Å². The highest BCUT2D eigenvalue weighted by atomic mass is 35.5. The number of pyridine rings is 1. The fourth-order valence-corrected chi connectivity index (χ4v) is 1.25. The van der Waals surface area contributed by atoms with Crippen LogP contribution in [-0.2, 0) is 11.2 Å². The maximum atomic E-state index is 12.4. The summed E-state index contributed by atoms with van der Waals surface area (Å²) in [5.74, 6) is -1.22. The molecule has 76 valence electrons. The molecule has 6 heteroatoms. The Kier molecular flexibility index (Phi) is 3.35. The number of nitrogens with zero attached hydrogens (tertiary/aromatic N) is 1. The van der Waals surface area contributed by atoms with Gasteiger partial charge in [0, 0.05) is 6.20 Å². The van der Waals surface area contributed by atoms with Crippen LogP contribution in [-0.4, -0.2) is 16.1 Å². The first kappa shape index (κ1) is 10.8. The minimum atomic E-state index is -2.81. The molecule has 1 heterocycles. The minimum absolute atomic E-state index is 0.161. The quantitative estimate of drug-likeness (QED) is 0.852. The molecule has 14 heavy (non-hydrogen) atoms. The Bertz CT molecular complexity index is 357. The molecule has 0 amide bonds. The Hall–Kier alpha value is -1.23. The van der Waals surface area contributed by atoms with Crippen LogP contribution >= 0.6 is 11.6 Å². The molecule has 0 saturated carbocycles. The fraction of sp³-hybridized carbons (Fsp3) is 0.250. The van der Waals surface area contributed by atoms with Crippen LogP contribution < -0.4 is 0 Å². The van der Waals surface area contributed by atoms with E-state index < -0.39 is 24.4 Å². The second-order valence-corrected chi connectivity index (χ2v) is 2.93. The third-order valence-corrected chi connectivity index (χ3v) is 1.89. The van der Waals surface area contributed by atoms with Gasteiger partial charge in [0.05, 0.1) is 22.7 Å². The molecule has 1 N–H and O–H groups in total. The molecule has 0 fully saturated rings. The second kappa shape index (κ2) is 4.32. The largest absolute Gasteiger partial charge is 0.481 e. The molecule has 1 aromatic rings.